The summed E-state index contributed by atoms with van der Waals surface area (Å²) in [5.41, 5.74) is 0.985. The number of nitrogens with zero attached hydrogens (tertiary/aromatic N) is 1. The van der Waals surface area contributed by atoms with Crippen LogP contribution in [0, 0.1) is 11.7 Å². The second-order valence-corrected chi connectivity index (χ2v) is 5.22. The highest BCUT2D eigenvalue weighted by molar-refractivity contribution is 9.09. The van der Waals surface area contributed by atoms with Gasteiger partial charge in [0.15, 0.2) is 0 Å². The standard InChI is InChI=1S/C14H21BrFN/c1-3-17(10-8-12(2)7-9-15)14-6-4-5-13(16)11-14/h4-6,11-12H,3,7-10H2,1-2H3. The number of benzene rings is 1. The lowest BCUT2D eigenvalue weighted by Gasteiger charge is -2.24. The Morgan fingerprint density at radius 1 is 1.35 bits per heavy atom. The summed E-state index contributed by atoms with van der Waals surface area (Å²) < 4.78 is 13.2. The lowest BCUT2D eigenvalue weighted by Crippen LogP contribution is -2.25. The van der Waals surface area contributed by atoms with Crippen LogP contribution in [-0.4, -0.2) is 18.4 Å². The molecule has 1 unspecified atom stereocenters. The van der Waals surface area contributed by atoms with Gasteiger partial charge in [0.05, 0.1) is 0 Å². The smallest absolute Gasteiger partial charge is 0.125 e. The lowest BCUT2D eigenvalue weighted by atomic mass is 10.0. The highest BCUT2D eigenvalue weighted by Crippen LogP contribution is 2.18. The molecule has 0 N–H and O–H groups in total. The Hall–Kier alpha value is -0.570. The van der Waals surface area contributed by atoms with Crippen molar-refractivity contribution in [2.45, 2.75) is 26.7 Å². The summed E-state index contributed by atoms with van der Waals surface area (Å²) in [5.74, 6) is 0.548. The van der Waals surface area contributed by atoms with E-state index >= 15 is 0 Å². The number of hydrogen-bond acceptors (Lipinski definition) is 1. The number of hydrogen-bond donors (Lipinski definition) is 0. The van der Waals surface area contributed by atoms with Gasteiger partial charge in [0.1, 0.15) is 5.82 Å². The van der Waals surface area contributed by atoms with E-state index in [0.29, 0.717) is 5.92 Å². The molecular formula is C14H21BrFN. The van der Waals surface area contributed by atoms with Gasteiger partial charge in [-0.1, -0.05) is 28.9 Å². The molecule has 0 fully saturated rings. The van der Waals surface area contributed by atoms with Crippen LogP contribution in [0.4, 0.5) is 10.1 Å². The molecule has 0 aliphatic heterocycles. The van der Waals surface area contributed by atoms with Crippen LogP contribution in [0.25, 0.3) is 0 Å². The van der Waals surface area contributed by atoms with Crippen molar-refractivity contribution in [1.82, 2.24) is 0 Å². The van der Waals surface area contributed by atoms with Crippen LogP contribution in [0.5, 0.6) is 0 Å². The van der Waals surface area contributed by atoms with Crippen molar-refractivity contribution in [2.24, 2.45) is 5.92 Å². The van der Waals surface area contributed by atoms with Crippen LogP contribution >= 0.6 is 15.9 Å². The molecule has 0 aliphatic rings. The molecule has 0 radical (unpaired) electrons. The van der Waals surface area contributed by atoms with Crippen molar-refractivity contribution in [2.75, 3.05) is 23.3 Å². The van der Waals surface area contributed by atoms with E-state index < -0.39 is 0 Å². The predicted molar refractivity (Wildman–Crippen MR) is 76.5 cm³/mol. The fourth-order valence-electron chi connectivity index (χ4n) is 1.85. The van der Waals surface area contributed by atoms with Crippen LogP contribution in [-0.2, 0) is 0 Å². The lowest BCUT2D eigenvalue weighted by molar-refractivity contribution is 0.517. The summed E-state index contributed by atoms with van der Waals surface area (Å²) in [6, 6.07) is 6.85. The van der Waals surface area contributed by atoms with Gasteiger partial charge in [-0.25, -0.2) is 4.39 Å². The van der Waals surface area contributed by atoms with E-state index in [4.69, 9.17) is 0 Å². The third-order valence-electron chi connectivity index (χ3n) is 3.05. The van der Waals surface area contributed by atoms with Gasteiger partial charge in [0.25, 0.3) is 0 Å². The van der Waals surface area contributed by atoms with E-state index in [1.165, 1.54) is 12.5 Å². The van der Waals surface area contributed by atoms with Crippen molar-refractivity contribution in [3.8, 4) is 0 Å². The van der Waals surface area contributed by atoms with Crippen LogP contribution in [0.3, 0.4) is 0 Å². The average molecular weight is 302 g/mol. The van der Waals surface area contributed by atoms with E-state index in [2.05, 4.69) is 34.7 Å². The zero-order valence-corrected chi connectivity index (χ0v) is 12.2. The number of rotatable bonds is 7. The zero-order valence-electron chi connectivity index (χ0n) is 10.6. The van der Waals surface area contributed by atoms with Crippen molar-refractivity contribution in [3.63, 3.8) is 0 Å². The third kappa shape index (κ3) is 5.07. The minimum absolute atomic E-state index is 0.158. The Bertz CT molecular complexity index is 330. The second kappa shape index (κ2) is 7.70. The SMILES string of the molecule is CCN(CCC(C)CCBr)c1cccc(F)c1. The summed E-state index contributed by atoms with van der Waals surface area (Å²) in [6.07, 6.45) is 2.34. The fourth-order valence-corrected chi connectivity index (χ4v) is 2.63. The minimum atomic E-state index is -0.158. The summed E-state index contributed by atoms with van der Waals surface area (Å²) in [6.45, 7) is 6.29. The Morgan fingerprint density at radius 2 is 2.12 bits per heavy atom. The Kier molecular flexibility index (Phi) is 6.56. The van der Waals surface area contributed by atoms with Gasteiger partial charge in [0, 0.05) is 24.1 Å². The maximum atomic E-state index is 13.2. The van der Waals surface area contributed by atoms with Gasteiger partial charge in [-0.15, -0.1) is 0 Å². The van der Waals surface area contributed by atoms with Gasteiger partial charge in [-0.05, 0) is 43.9 Å². The second-order valence-electron chi connectivity index (χ2n) is 4.43. The molecule has 17 heavy (non-hydrogen) atoms. The molecule has 1 nitrogen and oxygen atoms in total. The van der Waals surface area contributed by atoms with Crippen LogP contribution in [0.15, 0.2) is 24.3 Å². The molecule has 0 aromatic heterocycles. The first kappa shape index (κ1) is 14.5. The molecule has 96 valence electrons. The van der Waals surface area contributed by atoms with E-state index in [-0.39, 0.29) is 5.82 Å². The largest absolute Gasteiger partial charge is 0.372 e. The third-order valence-corrected chi connectivity index (χ3v) is 3.51. The average Bonchev–Trinajstić information content (AvgIpc) is 2.30. The van der Waals surface area contributed by atoms with Crippen molar-refractivity contribution in [1.29, 1.82) is 0 Å². The molecule has 0 bridgehead atoms. The maximum absolute atomic E-state index is 13.2. The molecule has 3 heteroatoms. The van der Waals surface area contributed by atoms with Gasteiger partial charge >= 0.3 is 0 Å². The Labute approximate surface area is 112 Å². The topological polar surface area (TPSA) is 3.24 Å². The molecule has 0 spiro atoms. The highest BCUT2D eigenvalue weighted by Gasteiger charge is 2.07. The van der Waals surface area contributed by atoms with Crippen molar-refractivity contribution < 1.29 is 4.39 Å². The summed E-state index contributed by atoms with van der Waals surface area (Å²) in [4.78, 5) is 2.23. The Morgan fingerprint density at radius 3 is 2.71 bits per heavy atom. The molecule has 0 saturated heterocycles. The monoisotopic (exact) mass is 301 g/mol. The van der Waals surface area contributed by atoms with Crippen LogP contribution in [0.1, 0.15) is 26.7 Å². The van der Waals surface area contributed by atoms with Crippen molar-refractivity contribution in [3.05, 3.63) is 30.1 Å². The fraction of sp³-hybridized carbons (Fsp3) is 0.571. The first-order chi connectivity index (χ1) is 8.17. The molecule has 0 heterocycles. The van der Waals surface area contributed by atoms with Gasteiger partial charge in [-0.3, -0.25) is 0 Å². The molecule has 1 aromatic rings. The molecule has 0 amide bonds. The maximum Gasteiger partial charge on any atom is 0.125 e. The van der Waals surface area contributed by atoms with Crippen molar-refractivity contribution >= 4 is 21.6 Å². The first-order valence-corrected chi connectivity index (χ1v) is 7.36. The summed E-state index contributed by atoms with van der Waals surface area (Å²) in [5, 5.41) is 1.06. The minimum Gasteiger partial charge on any atom is -0.372 e. The van der Waals surface area contributed by atoms with E-state index in [1.54, 1.807) is 12.1 Å². The van der Waals surface area contributed by atoms with E-state index in [1.807, 2.05) is 6.07 Å². The normalized spacial score (nSPS) is 12.5. The van der Waals surface area contributed by atoms with Gasteiger partial charge in [-0.2, -0.15) is 0 Å². The highest BCUT2D eigenvalue weighted by atomic mass is 79.9. The number of halogens is 2. The quantitative estimate of drug-likeness (QED) is 0.672. The van der Waals surface area contributed by atoms with Crippen LogP contribution in [0.2, 0.25) is 0 Å². The number of anilines is 1. The summed E-state index contributed by atoms with van der Waals surface area (Å²) in [7, 11) is 0. The molecular weight excluding hydrogens is 281 g/mol. The van der Waals surface area contributed by atoms with Gasteiger partial charge in [0.2, 0.25) is 0 Å². The van der Waals surface area contributed by atoms with E-state index in [9.17, 15) is 4.39 Å². The van der Waals surface area contributed by atoms with Crippen LogP contribution < -0.4 is 4.90 Å². The van der Waals surface area contributed by atoms with Gasteiger partial charge < -0.3 is 4.90 Å². The molecule has 1 rings (SSSR count). The predicted octanol–water partition coefficient (Wildman–Crippen LogP) is 4.46. The molecule has 1 aromatic carbocycles. The Balaban J connectivity index is 2.54. The molecule has 1 atom stereocenters. The molecule has 0 aliphatic carbocycles. The summed E-state index contributed by atoms with van der Waals surface area (Å²) >= 11 is 3.47. The van der Waals surface area contributed by atoms with E-state index in [0.717, 1.165) is 30.5 Å². The first-order valence-electron chi connectivity index (χ1n) is 6.23. The molecule has 0 saturated carbocycles. The number of alkyl halides is 1. The zero-order chi connectivity index (χ0) is 12.7.